The second-order valence-corrected chi connectivity index (χ2v) is 4.62. The molecule has 96 valence electrons. The van der Waals surface area contributed by atoms with E-state index in [1.807, 2.05) is 12.3 Å². The average Bonchev–Trinajstić information content (AvgIpc) is 2.94. The van der Waals surface area contributed by atoms with Crippen molar-refractivity contribution in [3.63, 3.8) is 0 Å². The molecule has 2 N–H and O–H groups in total. The molecule has 2 aromatic rings. The molecule has 1 unspecified atom stereocenters. The Morgan fingerprint density at radius 3 is 2.44 bits per heavy atom. The molecule has 2 rings (SSSR count). The molecule has 0 spiro atoms. The smallest absolute Gasteiger partial charge is 0.0453 e. The minimum absolute atomic E-state index is 0.475. The fourth-order valence-corrected chi connectivity index (χ4v) is 2.22. The first-order valence-corrected chi connectivity index (χ1v) is 6.82. The van der Waals surface area contributed by atoms with Crippen LogP contribution in [0.5, 0.6) is 0 Å². The molecule has 1 heterocycles. The van der Waals surface area contributed by atoms with E-state index in [0.29, 0.717) is 6.04 Å². The predicted molar refractivity (Wildman–Crippen MR) is 77.6 cm³/mol. The zero-order valence-corrected chi connectivity index (χ0v) is 11.2. The van der Waals surface area contributed by atoms with Crippen LogP contribution in [0.25, 0.3) is 11.3 Å². The van der Waals surface area contributed by atoms with E-state index in [9.17, 15) is 0 Å². The van der Waals surface area contributed by atoms with Crippen molar-refractivity contribution in [1.82, 2.24) is 10.3 Å². The molecule has 0 aliphatic rings. The van der Waals surface area contributed by atoms with Crippen molar-refractivity contribution in [3.05, 3.63) is 48.2 Å². The third kappa shape index (κ3) is 3.02. The van der Waals surface area contributed by atoms with Gasteiger partial charge in [0, 0.05) is 17.9 Å². The summed E-state index contributed by atoms with van der Waals surface area (Å²) in [4.78, 5) is 3.23. The lowest BCUT2D eigenvalue weighted by Gasteiger charge is -2.17. The first-order valence-electron chi connectivity index (χ1n) is 6.82. The van der Waals surface area contributed by atoms with Crippen molar-refractivity contribution in [1.29, 1.82) is 0 Å². The van der Waals surface area contributed by atoms with E-state index in [1.54, 1.807) is 0 Å². The van der Waals surface area contributed by atoms with Gasteiger partial charge in [0.1, 0.15) is 0 Å². The van der Waals surface area contributed by atoms with E-state index in [1.165, 1.54) is 23.2 Å². The van der Waals surface area contributed by atoms with Crippen LogP contribution in [0.1, 0.15) is 38.3 Å². The van der Waals surface area contributed by atoms with Gasteiger partial charge in [0.2, 0.25) is 0 Å². The Labute approximate surface area is 109 Å². The van der Waals surface area contributed by atoms with Crippen molar-refractivity contribution in [3.8, 4) is 11.3 Å². The van der Waals surface area contributed by atoms with Crippen LogP contribution in [0.3, 0.4) is 0 Å². The van der Waals surface area contributed by atoms with Gasteiger partial charge in [-0.2, -0.15) is 0 Å². The fourth-order valence-electron chi connectivity index (χ4n) is 2.22. The SMILES string of the molecule is CCCNC(CC)c1ccc(-c2ccc[nH]2)cc1. The van der Waals surface area contributed by atoms with Gasteiger partial charge in [-0.3, -0.25) is 0 Å². The highest BCUT2D eigenvalue weighted by Crippen LogP contribution is 2.22. The van der Waals surface area contributed by atoms with Crippen LogP contribution in [0.15, 0.2) is 42.6 Å². The van der Waals surface area contributed by atoms with E-state index in [4.69, 9.17) is 0 Å². The monoisotopic (exact) mass is 242 g/mol. The lowest BCUT2D eigenvalue weighted by atomic mass is 10.0. The zero-order valence-electron chi connectivity index (χ0n) is 11.2. The minimum atomic E-state index is 0.475. The van der Waals surface area contributed by atoms with Crippen LogP contribution in [-0.4, -0.2) is 11.5 Å². The molecule has 2 nitrogen and oxygen atoms in total. The number of aromatic nitrogens is 1. The first kappa shape index (κ1) is 12.9. The molecule has 0 saturated heterocycles. The van der Waals surface area contributed by atoms with Gasteiger partial charge in [0.25, 0.3) is 0 Å². The Kier molecular flexibility index (Phi) is 4.59. The van der Waals surface area contributed by atoms with Crippen LogP contribution < -0.4 is 5.32 Å². The molecule has 0 bridgehead atoms. The van der Waals surface area contributed by atoms with Crippen LogP contribution in [0, 0.1) is 0 Å². The Morgan fingerprint density at radius 2 is 1.89 bits per heavy atom. The van der Waals surface area contributed by atoms with Crippen molar-refractivity contribution in [2.75, 3.05) is 6.54 Å². The van der Waals surface area contributed by atoms with Crippen LogP contribution >= 0.6 is 0 Å². The molecule has 0 amide bonds. The van der Waals surface area contributed by atoms with Crippen molar-refractivity contribution in [2.45, 2.75) is 32.7 Å². The van der Waals surface area contributed by atoms with Gasteiger partial charge in [-0.1, -0.05) is 38.1 Å². The predicted octanol–water partition coefficient (Wildman–Crippen LogP) is 4.13. The maximum Gasteiger partial charge on any atom is 0.0453 e. The van der Waals surface area contributed by atoms with Crippen LogP contribution in [0.4, 0.5) is 0 Å². The summed E-state index contributed by atoms with van der Waals surface area (Å²) in [7, 11) is 0. The molecule has 18 heavy (non-hydrogen) atoms. The Morgan fingerprint density at radius 1 is 1.11 bits per heavy atom. The maximum atomic E-state index is 3.58. The number of aromatic amines is 1. The highest BCUT2D eigenvalue weighted by Gasteiger charge is 2.08. The largest absolute Gasteiger partial charge is 0.361 e. The number of H-pyrrole nitrogens is 1. The summed E-state index contributed by atoms with van der Waals surface area (Å²) in [5, 5.41) is 3.58. The van der Waals surface area contributed by atoms with E-state index in [-0.39, 0.29) is 0 Å². The van der Waals surface area contributed by atoms with Crippen molar-refractivity contribution < 1.29 is 0 Å². The Bertz CT molecular complexity index is 442. The molecule has 0 saturated carbocycles. The second kappa shape index (κ2) is 6.41. The molecule has 0 fully saturated rings. The normalized spacial score (nSPS) is 12.6. The Balaban J connectivity index is 2.11. The third-order valence-corrected chi connectivity index (χ3v) is 3.27. The number of hydrogen-bond donors (Lipinski definition) is 2. The van der Waals surface area contributed by atoms with Crippen molar-refractivity contribution >= 4 is 0 Å². The summed E-state index contributed by atoms with van der Waals surface area (Å²) >= 11 is 0. The Hall–Kier alpha value is -1.54. The van der Waals surface area contributed by atoms with Gasteiger partial charge in [-0.25, -0.2) is 0 Å². The summed E-state index contributed by atoms with van der Waals surface area (Å²) in [6.07, 6.45) is 4.26. The van der Waals surface area contributed by atoms with E-state index < -0.39 is 0 Å². The average molecular weight is 242 g/mol. The highest BCUT2D eigenvalue weighted by atomic mass is 14.9. The maximum absolute atomic E-state index is 3.58. The molecule has 1 aromatic heterocycles. The van der Waals surface area contributed by atoms with Gasteiger partial charge in [-0.15, -0.1) is 0 Å². The summed E-state index contributed by atoms with van der Waals surface area (Å²) in [6.45, 7) is 5.51. The molecular formula is C16H22N2. The zero-order chi connectivity index (χ0) is 12.8. The summed E-state index contributed by atoms with van der Waals surface area (Å²) in [5.74, 6) is 0. The van der Waals surface area contributed by atoms with E-state index >= 15 is 0 Å². The third-order valence-electron chi connectivity index (χ3n) is 3.27. The number of benzene rings is 1. The highest BCUT2D eigenvalue weighted by molar-refractivity contribution is 5.59. The standard InChI is InChI=1S/C16H22N2/c1-3-11-17-15(4-2)13-7-9-14(10-8-13)16-6-5-12-18-16/h5-10,12,15,17-18H,3-4,11H2,1-2H3. The summed E-state index contributed by atoms with van der Waals surface area (Å²) < 4.78 is 0. The number of nitrogens with one attached hydrogen (secondary N) is 2. The van der Waals surface area contributed by atoms with Gasteiger partial charge in [0.15, 0.2) is 0 Å². The van der Waals surface area contributed by atoms with Gasteiger partial charge in [-0.05, 0) is 42.6 Å². The minimum Gasteiger partial charge on any atom is -0.361 e. The van der Waals surface area contributed by atoms with Crippen LogP contribution in [0.2, 0.25) is 0 Å². The molecule has 0 aliphatic carbocycles. The molecule has 0 aliphatic heterocycles. The molecular weight excluding hydrogens is 220 g/mol. The molecule has 2 heteroatoms. The second-order valence-electron chi connectivity index (χ2n) is 4.62. The molecule has 1 aromatic carbocycles. The molecule has 1 atom stereocenters. The lowest BCUT2D eigenvalue weighted by molar-refractivity contribution is 0.518. The van der Waals surface area contributed by atoms with Gasteiger partial charge >= 0.3 is 0 Å². The van der Waals surface area contributed by atoms with Crippen LogP contribution in [-0.2, 0) is 0 Å². The van der Waals surface area contributed by atoms with E-state index in [2.05, 4.69) is 54.5 Å². The summed E-state index contributed by atoms with van der Waals surface area (Å²) in [5.41, 5.74) is 3.80. The number of hydrogen-bond acceptors (Lipinski definition) is 1. The van der Waals surface area contributed by atoms with Gasteiger partial charge in [0.05, 0.1) is 0 Å². The quantitative estimate of drug-likeness (QED) is 0.783. The topological polar surface area (TPSA) is 27.8 Å². The molecule has 0 radical (unpaired) electrons. The van der Waals surface area contributed by atoms with E-state index in [0.717, 1.165) is 13.0 Å². The first-order chi connectivity index (χ1) is 8.85. The van der Waals surface area contributed by atoms with Gasteiger partial charge < -0.3 is 10.3 Å². The number of rotatable bonds is 6. The van der Waals surface area contributed by atoms with Crippen molar-refractivity contribution in [2.24, 2.45) is 0 Å². The fraction of sp³-hybridized carbons (Fsp3) is 0.375. The lowest BCUT2D eigenvalue weighted by Crippen LogP contribution is -2.21. The summed E-state index contributed by atoms with van der Waals surface area (Å²) in [6, 6.07) is 13.4.